The van der Waals surface area contributed by atoms with Crippen molar-refractivity contribution in [1.29, 1.82) is 0 Å². The van der Waals surface area contributed by atoms with Crippen LogP contribution in [0.1, 0.15) is 9.67 Å². The highest BCUT2D eigenvalue weighted by atomic mass is 32.1. The molecule has 4 nitrogen and oxygen atoms in total. The maximum absolute atomic E-state index is 13.5. The van der Waals surface area contributed by atoms with Crippen molar-refractivity contribution in [1.82, 2.24) is 0 Å². The lowest BCUT2D eigenvalue weighted by Gasteiger charge is -2.11. The molecule has 2 heterocycles. The summed E-state index contributed by atoms with van der Waals surface area (Å²) in [7, 11) is 0. The van der Waals surface area contributed by atoms with Crippen LogP contribution in [-0.2, 0) is 0 Å². The Morgan fingerprint density at radius 3 is 2.31 bits per heavy atom. The van der Waals surface area contributed by atoms with Gasteiger partial charge in [-0.25, -0.2) is 0 Å². The summed E-state index contributed by atoms with van der Waals surface area (Å²) >= 11 is 1.33. The molecule has 5 aromatic rings. The number of carbonyl (C=O) groups excluding carboxylic acids is 1. The van der Waals surface area contributed by atoms with Crippen LogP contribution in [0.4, 0.5) is 5.88 Å². The van der Waals surface area contributed by atoms with E-state index in [9.17, 15) is 9.59 Å². The average Bonchev–Trinajstić information content (AvgIpc) is 3.29. The molecule has 5 heteroatoms. The molecule has 140 valence electrons. The number of rotatable bonds is 3. The van der Waals surface area contributed by atoms with Crippen LogP contribution in [0.25, 0.3) is 32.9 Å². The van der Waals surface area contributed by atoms with E-state index >= 15 is 0 Å². The molecule has 0 radical (unpaired) electrons. The van der Waals surface area contributed by atoms with Crippen LogP contribution in [0.5, 0.6) is 0 Å². The molecular weight excluding hydrogens is 382 g/mol. The Balaban J connectivity index is 1.77. The van der Waals surface area contributed by atoms with Gasteiger partial charge in [-0.3, -0.25) is 14.9 Å². The van der Waals surface area contributed by atoms with E-state index < -0.39 is 0 Å². The van der Waals surface area contributed by atoms with Gasteiger partial charge >= 0.3 is 0 Å². The summed E-state index contributed by atoms with van der Waals surface area (Å²) in [5.74, 6) is -0.150. The number of nitrogens with one attached hydrogen (secondary N) is 1. The third-order valence-corrected chi connectivity index (χ3v) is 5.66. The van der Waals surface area contributed by atoms with Gasteiger partial charge in [0.2, 0.25) is 11.3 Å². The van der Waals surface area contributed by atoms with Crippen molar-refractivity contribution in [2.45, 2.75) is 0 Å². The van der Waals surface area contributed by atoms with Crippen LogP contribution in [0.15, 0.2) is 93.5 Å². The number of carbonyl (C=O) groups is 1. The highest BCUT2D eigenvalue weighted by Gasteiger charge is 2.19. The molecule has 0 aliphatic rings. The molecule has 1 N–H and O–H groups in total. The second-order valence-electron chi connectivity index (χ2n) is 6.63. The van der Waals surface area contributed by atoms with Crippen molar-refractivity contribution in [3.05, 3.63) is 99.3 Å². The largest absolute Gasteiger partial charge is 0.439 e. The molecule has 2 aromatic heterocycles. The lowest BCUT2D eigenvalue weighted by Crippen LogP contribution is -2.15. The molecule has 0 spiro atoms. The quantitative estimate of drug-likeness (QED) is 0.384. The van der Waals surface area contributed by atoms with Crippen molar-refractivity contribution in [2.75, 3.05) is 5.32 Å². The number of fused-ring (bicyclic) bond motifs is 2. The zero-order chi connectivity index (χ0) is 19.8. The Bertz CT molecular complexity index is 1400. The first-order chi connectivity index (χ1) is 14.2. The number of anilines is 1. The first-order valence-corrected chi connectivity index (χ1v) is 9.98. The lowest BCUT2D eigenvalue weighted by atomic mass is 10.0. The van der Waals surface area contributed by atoms with Crippen molar-refractivity contribution < 1.29 is 9.21 Å². The van der Waals surface area contributed by atoms with Gasteiger partial charge in [-0.05, 0) is 39.9 Å². The van der Waals surface area contributed by atoms with Gasteiger partial charge in [0.25, 0.3) is 5.91 Å². The van der Waals surface area contributed by atoms with Crippen molar-refractivity contribution in [3.63, 3.8) is 0 Å². The van der Waals surface area contributed by atoms with Gasteiger partial charge in [0.1, 0.15) is 5.58 Å². The van der Waals surface area contributed by atoms with Crippen LogP contribution in [0, 0.1) is 0 Å². The van der Waals surface area contributed by atoms with E-state index in [-0.39, 0.29) is 17.2 Å². The minimum atomic E-state index is -0.305. The summed E-state index contributed by atoms with van der Waals surface area (Å²) in [6.45, 7) is 0. The fraction of sp³-hybridized carbons (Fsp3) is 0. The van der Waals surface area contributed by atoms with E-state index in [1.807, 2.05) is 72.1 Å². The maximum atomic E-state index is 13.5. The minimum Gasteiger partial charge on any atom is -0.439 e. The smallest absolute Gasteiger partial charge is 0.268 e. The molecule has 1 amide bonds. The third-order valence-electron chi connectivity index (χ3n) is 4.79. The van der Waals surface area contributed by atoms with E-state index in [0.717, 1.165) is 10.8 Å². The van der Waals surface area contributed by atoms with E-state index in [1.165, 1.54) is 11.3 Å². The van der Waals surface area contributed by atoms with Gasteiger partial charge in [-0.15, -0.1) is 11.3 Å². The SMILES string of the molecule is O=C(Nc1oc2cc3ccccc3cc2c(=O)c1-c1ccccc1)c1cccs1. The van der Waals surface area contributed by atoms with Gasteiger partial charge < -0.3 is 4.42 Å². The van der Waals surface area contributed by atoms with Crippen LogP contribution in [0.2, 0.25) is 0 Å². The molecule has 0 unspecified atom stereocenters. The van der Waals surface area contributed by atoms with Crippen molar-refractivity contribution in [3.8, 4) is 11.1 Å². The average molecular weight is 397 g/mol. The molecule has 0 aliphatic heterocycles. The van der Waals surface area contributed by atoms with Crippen molar-refractivity contribution in [2.24, 2.45) is 0 Å². The Hall–Kier alpha value is -3.70. The zero-order valence-electron chi connectivity index (χ0n) is 15.2. The molecule has 5 rings (SSSR count). The minimum absolute atomic E-state index is 0.155. The fourth-order valence-corrected chi connectivity index (χ4v) is 4.03. The molecule has 0 bridgehead atoms. The van der Waals surface area contributed by atoms with Gasteiger partial charge in [0.05, 0.1) is 15.8 Å². The topological polar surface area (TPSA) is 59.3 Å². The first-order valence-electron chi connectivity index (χ1n) is 9.10. The van der Waals surface area contributed by atoms with E-state index in [1.54, 1.807) is 12.1 Å². The zero-order valence-corrected chi connectivity index (χ0v) is 16.0. The predicted octanol–water partition coefficient (Wildman–Crippen LogP) is 5.93. The van der Waals surface area contributed by atoms with E-state index in [0.29, 0.717) is 27.0 Å². The second kappa shape index (κ2) is 7.04. The van der Waals surface area contributed by atoms with E-state index in [4.69, 9.17) is 4.42 Å². The Kier molecular flexibility index (Phi) is 4.22. The Morgan fingerprint density at radius 1 is 0.862 bits per heavy atom. The normalized spacial score (nSPS) is 11.0. The van der Waals surface area contributed by atoms with Gasteiger partial charge in [0, 0.05) is 0 Å². The van der Waals surface area contributed by atoms with Crippen LogP contribution in [-0.4, -0.2) is 5.91 Å². The van der Waals surface area contributed by atoms with Crippen LogP contribution in [0.3, 0.4) is 0 Å². The summed E-state index contributed by atoms with van der Waals surface area (Å²) in [4.78, 5) is 26.7. The lowest BCUT2D eigenvalue weighted by molar-refractivity contribution is 0.102. The number of thiophene rings is 1. The summed E-state index contributed by atoms with van der Waals surface area (Å²) in [6.07, 6.45) is 0. The number of amides is 1. The fourth-order valence-electron chi connectivity index (χ4n) is 3.41. The predicted molar refractivity (Wildman–Crippen MR) is 118 cm³/mol. The maximum Gasteiger partial charge on any atom is 0.268 e. The van der Waals surface area contributed by atoms with Gasteiger partial charge in [0.15, 0.2) is 0 Å². The first kappa shape index (κ1) is 17.4. The number of hydrogen-bond donors (Lipinski definition) is 1. The van der Waals surface area contributed by atoms with Gasteiger partial charge in [-0.1, -0.05) is 60.7 Å². The van der Waals surface area contributed by atoms with Crippen LogP contribution < -0.4 is 10.7 Å². The molecular formula is C24H15NO3S. The van der Waals surface area contributed by atoms with Crippen LogP contribution >= 0.6 is 11.3 Å². The number of hydrogen-bond acceptors (Lipinski definition) is 4. The van der Waals surface area contributed by atoms with Crippen molar-refractivity contribution >= 4 is 44.9 Å². The molecule has 0 aliphatic carbocycles. The Labute approximate surface area is 170 Å². The molecule has 29 heavy (non-hydrogen) atoms. The second-order valence-corrected chi connectivity index (χ2v) is 7.58. The Morgan fingerprint density at radius 2 is 1.59 bits per heavy atom. The molecule has 0 saturated heterocycles. The molecule has 0 saturated carbocycles. The summed E-state index contributed by atoms with van der Waals surface area (Å²) in [6, 6.07) is 24.3. The molecule has 3 aromatic carbocycles. The third kappa shape index (κ3) is 3.11. The molecule has 0 fully saturated rings. The molecule has 0 atom stereocenters. The van der Waals surface area contributed by atoms with Gasteiger partial charge in [-0.2, -0.15) is 0 Å². The number of benzene rings is 3. The highest BCUT2D eigenvalue weighted by molar-refractivity contribution is 7.12. The standard InChI is InChI=1S/C24H15NO3S/c26-22-18-13-16-9-4-5-10-17(16)14-19(18)28-24(21(22)15-7-2-1-3-8-15)25-23(27)20-11-6-12-29-20/h1-14H,(H,25,27). The summed E-state index contributed by atoms with van der Waals surface area (Å²) in [5.41, 5.74) is 1.30. The summed E-state index contributed by atoms with van der Waals surface area (Å²) < 4.78 is 6.08. The summed E-state index contributed by atoms with van der Waals surface area (Å²) in [5, 5.41) is 7.03. The monoisotopic (exact) mass is 397 g/mol. The van der Waals surface area contributed by atoms with E-state index in [2.05, 4.69) is 5.32 Å². The highest BCUT2D eigenvalue weighted by Crippen LogP contribution is 2.31.